The average molecular weight is 580 g/mol. The molecule has 1 fully saturated rings. The maximum Gasteiger partial charge on any atom is 0.319 e. The predicted octanol–water partition coefficient (Wildman–Crippen LogP) is 6.13. The average Bonchev–Trinajstić information content (AvgIpc) is 3.23. The molecule has 1 aliphatic carbocycles. The van der Waals surface area contributed by atoms with E-state index in [0.29, 0.717) is 17.2 Å². The Labute approximate surface area is 233 Å². The molecule has 4 aromatic rings. The van der Waals surface area contributed by atoms with E-state index < -0.39 is 29.6 Å². The monoisotopic (exact) mass is 579 g/mol. The van der Waals surface area contributed by atoms with Crippen molar-refractivity contribution in [1.29, 1.82) is 0 Å². The molecule has 0 bridgehead atoms. The van der Waals surface area contributed by atoms with Crippen LogP contribution in [0.2, 0.25) is 0 Å². The Balaban J connectivity index is 1.43. The third kappa shape index (κ3) is 3.57. The first kappa shape index (κ1) is 23.9. The van der Waals surface area contributed by atoms with E-state index in [4.69, 9.17) is 9.47 Å². The van der Waals surface area contributed by atoms with E-state index in [9.17, 15) is 14.4 Å². The number of anilines is 1. The van der Waals surface area contributed by atoms with Crippen LogP contribution >= 0.6 is 15.9 Å². The topological polar surface area (TPSA) is 72.9 Å². The Bertz CT molecular complexity index is 1710. The van der Waals surface area contributed by atoms with Crippen molar-refractivity contribution in [2.75, 3.05) is 12.0 Å². The summed E-state index contributed by atoms with van der Waals surface area (Å²) in [5, 5.41) is 1.79. The highest BCUT2D eigenvalue weighted by Crippen LogP contribution is 2.55. The van der Waals surface area contributed by atoms with E-state index in [1.807, 2.05) is 66.7 Å². The lowest BCUT2D eigenvalue weighted by atomic mass is 9.64. The van der Waals surface area contributed by atoms with Crippen LogP contribution in [0.3, 0.4) is 0 Å². The number of ether oxygens (including phenoxy) is 2. The number of imide groups is 1. The molecule has 0 spiro atoms. The molecular formula is C32H22BrNO5. The summed E-state index contributed by atoms with van der Waals surface area (Å²) in [6, 6.07) is 26.2. The molecule has 4 aromatic carbocycles. The molecule has 1 saturated heterocycles. The van der Waals surface area contributed by atoms with Crippen molar-refractivity contribution in [2.45, 2.75) is 5.92 Å². The van der Waals surface area contributed by atoms with Gasteiger partial charge in [-0.2, -0.15) is 0 Å². The van der Waals surface area contributed by atoms with Gasteiger partial charge in [-0.1, -0.05) is 70.5 Å². The minimum absolute atomic E-state index is 0.319. The number of hydrogen-bond acceptors (Lipinski definition) is 5. The summed E-state index contributed by atoms with van der Waals surface area (Å²) < 4.78 is 12.1. The van der Waals surface area contributed by atoms with Gasteiger partial charge in [0.2, 0.25) is 11.8 Å². The zero-order valence-corrected chi connectivity index (χ0v) is 22.4. The van der Waals surface area contributed by atoms with Gasteiger partial charge in [0.15, 0.2) is 0 Å². The van der Waals surface area contributed by atoms with Crippen molar-refractivity contribution in [3.05, 3.63) is 107 Å². The van der Waals surface area contributed by atoms with E-state index in [1.54, 1.807) is 31.4 Å². The number of hydrogen-bond donors (Lipinski definition) is 0. The lowest BCUT2D eigenvalue weighted by Crippen LogP contribution is -2.42. The van der Waals surface area contributed by atoms with Gasteiger partial charge in [0.1, 0.15) is 11.5 Å². The van der Waals surface area contributed by atoms with Crippen molar-refractivity contribution in [3.63, 3.8) is 0 Å². The molecule has 3 aliphatic rings. The lowest BCUT2D eigenvalue weighted by Gasteiger charge is -2.38. The third-order valence-electron chi connectivity index (χ3n) is 8.07. The summed E-state index contributed by atoms with van der Waals surface area (Å²) >= 11 is 3.41. The van der Waals surface area contributed by atoms with Gasteiger partial charge in [0.25, 0.3) is 0 Å². The van der Waals surface area contributed by atoms with E-state index in [1.165, 1.54) is 4.90 Å². The predicted molar refractivity (Wildman–Crippen MR) is 150 cm³/mol. The molecule has 6 nitrogen and oxygen atoms in total. The molecule has 0 unspecified atom stereocenters. The number of nitrogens with zero attached hydrogens (tertiary/aromatic N) is 1. The number of methoxy groups -OCH3 is 1. The molecule has 0 aromatic heterocycles. The van der Waals surface area contributed by atoms with Crippen LogP contribution in [-0.2, 0) is 14.4 Å². The van der Waals surface area contributed by atoms with Crippen molar-refractivity contribution in [1.82, 2.24) is 0 Å². The Morgan fingerprint density at radius 2 is 1.54 bits per heavy atom. The molecule has 2 aliphatic heterocycles. The highest BCUT2D eigenvalue weighted by Gasteiger charge is 2.60. The second-order valence-electron chi connectivity index (χ2n) is 10.0. The lowest BCUT2D eigenvalue weighted by molar-refractivity contribution is -0.142. The van der Waals surface area contributed by atoms with Crippen LogP contribution < -0.4 is 14.4 Å². The van der Waals surface area contributed by atoms with E-state index in [0.717, 1.165) is 31.9 Å². The van der Waals surface area contributed by atoms with Crippen LogP contribution in [0.5, 0.6) is 11.5 Å². The van der Waals surface area contributed by atoms with Crippen molar-refractivity contribution >= 4 is 55.7 Å². The number of esters is 1. The first-order valence-corrected chi connectivity index (χ1v) is 13.5. The molecule has 4 atom stereocenters. The molecule has 0 saturated carbocycles. The molecule has 0 radical (unpaired) electrons. The van der Waals surface area contributed by atoms with Crippen LogP contribution in [0.4, 0.5) is 5.69 Å². The first-order chi connectivity index (χ1) is 19.0. The number of amides is 2. The molecule has 7 heteroatoms. The standard InChI is InChI=1S/C32H22BrNO5/c1-38-21-13-6-18(7-14-21)24-16-25-23-15-8-17-4-2-3-5-22(17)29(23)39-32(37)27(25)28-26(24)30(35)34(31(28)36)20-11-9-19(33)10-12-20/h2-16,24,26-28H,1H3/t24-,26+,27-,28+/m0/s1. The SMILES string of the molecule is COc1ccc([C@@H]2C=C3c4ccc5ccccc5c4OC(=O)[C@@H]3[C@@H]3C(=O)N(c4ccc(Br)cc4)C(=O)[C@@H]32)cc1. The molecule has 2 heterocycles. The zero-order valence-electron chi connectivity index (χ0n) is 20.8. The summed E-state index contributed by atoms with van der Waals surface area (Å²) in [5.41, 5.74) is 2.86. The van der Waals surface area contributed by atoms with E-state index in [2.05, 4.69) is 15.9 Å². The van der Waals surface area contributed by atoms with E-state index in [-0.39, 0.29) is 11.8 Å². The van der Waals surface area contributed by atoms with Crippen LogP contribution in [0.15, 0.2) is 95.5 Å². The number of carbonyl (C=O) groups excluding carboxylic acids is 3. The maximum atomic E-state index is 14.1. The second kappa shape index (κ2) is 8.92. The number of carbonyl (C=O) groups is 3. The van der Waals surface area contributed by atoms with E-state index >= 15 is 0 Å². The molecule has 192 valence electrons. The van der Waals surface area contributed by atoms with Gasteiger partial charge >= 0.3 is 5.97 Å². The Morgan fingerprint density at radius 3 is 2.28 bits per heavy atom. The van der Waals surface area contributed by atoms with Crippen molar-refractivity contribution < 1.29 is 23.9 Å². The van der Waals surface area contributed by atoms with Gasteiger partial charge < -0.3 is 9.47 Å². The number of fused-ring (bicyclic) bond motifs is 7. The number of rotatable bonds is 3. The molecule has 2 amide bonds. The number of halogens is 1. The van der Waals surface area contributed by atoms with Gasteiger partial charge in [0, 0.05) is 21.3 Å². The summed E-state index contributed by atoms with van der Waals surface area (Å²) in [6.07, 6.45) is 2.00. The first-order valence-electron chi connectivity index (χ1n) is 12.7. The molecule has 0 N–H and O–H groups in total. The van der Waals surface area contributed by atoms with Crippen LogP contribution in [0, 0.1) is 17.8 Å². The fraction of sp³-hybridized carbons (Fsp3) is 0.156. The normalized spacial score (nSPS) is 23.6. The van der Waals surface area contributed by atoms with Gasteiger partial charge in [-0.15, -0.1) is 0 Å². The highest BCUT2D eigenvalue weighted by molar-refractivity contribution is 9.10. The Kier molecular flexibility index (Phi) is 5.45. The highest BCUT2D eigenvalue weighted by atomic mass is 79.9. The van der Waals surface area contributed by atoms with Crippen molar-refractivity contribution in [2.24, 2.45) is 17.8 Å². The fourth-order valence-corrected chi connectivity index (χ4v) is 6.55. The number of allylic oxidation sites excluding steroid dienone is 1. The summed E-state index contributed by atoms with van der Waals surface area (Å²) in [4.78, 5) is 43.0. The van der Waals surface area contributed by atoms with Crippen LogP contribution in [0.1, 0.15) is 17.0 Å². The quantitative estimate of drug-likeness (QED) is 0.166. The maximum absolute atomic E-state index is 14.1. The number of benzene rings is 4. The fourth-order valence-electron chi connectivity index (χ4n) is 6.28. The summed E-state index contributed by atoms with van der Waals surface area (Å²) in [6.45, 7) is 0. The third-order valence-corrected chi connectivity index (χ3v) is 8.60. The van der Waals surface area contributed by atoms with Crippen LogP contribution in [0.25, 0.3) is 16.3 Å². The zero-order chi connectivity index (χ0) is 26.8. The summed E-state index contributed by atoms with van der Waals surface area (Å²) in [7, 11) is 1.60. The van der Waals surface area contributed by atoms with Gasteiger partial charge in [-0.3, -0.25) is 14.4 Å². The molecule has 7 rings (SSSR count). The molecule has 39 heavy (non-hydrogen) atoms. The second-order valence-corrected chi connectivity index (χ2v) is 10.9. The van der Waals surface area contributed by atoms with Crippen LogP contribution in [-0.4, -0.2) is 24.9 Å². The Morgan fingerprint density at radius 1 is 0.821 bits per heavy atom. The summed E-state index contributed by atoms with van der Waals surface area (Å²) in [5.74, 6) is -2.97. The van der Waals surface area contributed by atoms with Crippen molar-refractivity contribution in [3.8, 4) is 11.5 Å². The minimum Gasteiger partial charge on any atom is -0.497 e. The minimum atomic E-state index is -0.889. The van der Waals surface area contributed by atoms with Gasteiger partial charge in [-0.25, -0.2) is 4.90 Å². The van der Waals surface area contributed by atoms with Gasteiger partial charge in [-0.05, 0) is 52.9 Å². The van der Waals surface area contributed by atoms with Gasteiger partial charge in [0.05, 0.1) is 30.6 Å². The largest absolute Gasteiger partial charge is 0.497 e. The smallest absolute Gasteiger partial charge is 0.319 e. The molecular weight excluding hydrogens is 558 g/mol. The Hall–Kier alpha value is -4.23.